The second-order valence-electron chi connectivity index (χ2n) is 2.22. The molecule has 0 bridgehead atoms. The molecule has 72 valence electrons. The van der Waals surface area contributed by atoms with Gasteiger partial charge in [-0.1, -0.05) is 0 Å². The van der Waals surface area contributed by atoms with Gasteiger partial charge in [-0.2, -0.15) is 18.0 Å². The van der Waals surface area contributed by atoms with Crippen molar-refractivity contribution in [2.75, 3.05) is 5.75 Å². The first kappa shape index (κ1) is 10.0. The Morgan fingerprint density at radius 3 is 2.92 bits per heavy atom. The zero-order chi connectivity index (χ0) is 9.68. The van der Waals surface area contributed by atoms with Gasteiger partial charge >= 0.3 is 0 Å². The van der Waals surface area contributed by atoms with Crippen LogP contribution in [0.15, 0.2) is 30.6 Å². The predicted molar refractivity (Wildman–Crippen MR) is 45.6 cm³/mol. The van der Waals surface area contributed by atoms with E-state index in [2.05, 4.69) is 5.10 Å². The normalized spacial score (nSPS) is 12.5. The summed E-state index contributed by atoms with van der Waals surface area (Å²) in [5.41, 5.74) is 0. The van der Waals surface area contributed by atoms with Gasteiger partial charge in [0.05, 0.1) is 6.20 Å². The largest absolute Gasteiger partial charge is 0.266 e. The summed E-state index contributed by atoms with van der Waals surface area (Å²) in [6.45, 7) is 0. The van der Waals surface area contributed by atoms with Crippen LogP contribution in [0.3, 0.4) is 0 Å². The van der Waals surface area contributed by atoms with Crippen LogP contribution in [-0.4, -0.2) is 19.1 Å². The summed E-state index contributed by atoms with van der Waals surface area (Å²) in [6.07, 6.45) is 2.13. The average Bonchev–Trinajstić information content (AvgIpc) is 2.55. The summed E-state index contributed by atoms with van der Waals surface area (Å²) in [7, 11) is -1.34. The van der Waals surface area contributed by atoms with Crippen molar-refractivity contribution in [3.05, 3.63) is 30.6 Å². The van der Waals surface area contributed by atoms with Gasteiger partial charge < -0.3 is 0 Å². The van der Waals surface area contributed by atoms with Crippen LogP contribution in [0.5, 0.6) is 0 Å². The molecule has 1 aromatic heterocycles. The maximum Gasteiger partial charge on any atom is 0.266 e. The molecule has 0 saturated heterocycles. The van der Waals surface area contributed by atoms with Crippen molar-refractivity contribution < 1.29 is 13.0 Å². The Labute approximate surface area is 76.6 Å². The van der Waals surface area contributed by atoms with Gasteiger partial charge in [0.15, 0.2) is 0 Å². The quantitative estimate of drug-likeness (QED) is 0.749. The number of hydrogen-bond donors (Lipinski definition) is 0. The molecule has 0 aliphatic heterocycles. The Balaban J connectivity index is 2.39. The van der Waals surface area contributed by atoms with Gasteiger partial charge in [-0.15, -0.1) is 0 Å². The molecule has 0 fully saturated rings. The number of allylic oxidation sites excluding steroid dienone is 1. The third-order valence-corrected chi connectivity index (χ3v) is 2.50. The lowest BCUT2D eigenvalue weighted by molar-refractivity contribution is 0.418. The molecule has 6 heteroatoms. The number of aromatic nitrogens is 2. The molecule has 1 atom stereocenters. The van der Waals surface area contributed by atoms with Gasteiger partial charge in [-0.25, -0.2) is 4.21 Å². The molecule has 1 rings (SSSR count). The van der Waals surface area contributed by atoms with Crippen LogP contribution in [-0.2, 0) is 11.0 Å². The topological polar surface area (TPSA) is 34.9 Å². The summed E-state index contributed by atoms with van der Waals surface area (Å²) in [6, 6.07) is 1.63. The Hall–Kier alpha value is -1.04. The minimum absolute atomic E-state index is 0.0921. The van der Waals surface area contributed by atoms with Crippen LogP contribution in [0, 0.1) is 0 Å². The van der Waals surface area contributed by atoms with Crippen molar-refractivity contribution >= 4 is 11.0 Å². The number of halogens is 2. The first-order valence-electron chi connectivity index (χ1n) is 3.60. The first-order chi connectivity index (χ1) is 6.20. The highest BCUT2D eigenvalue weighted by atomic mass is 32.2. The Morgan fingerprint density at radius 1 is 1.62 bits per heavy atom. The lowest BCUT2D eigenvalue weighted by Crippen LogP contribution is -2.08. The SMILES string of the molecule is O=S(CCC=C(F)F)n1cccn1. The molecule has 1 aromatic rings. The smallest absolute Gasteiger partial charge is 0.235 e. The van der Waals surface area contributed by atoms with Crippen LogP contribution in [0.2, 0.25) is 0 Å². The molecule has 0 saturated carbocycles. The monoisotopic (exact) mass is 206 g/mol. The highest BCUT2D eigenvalue weighted by Crippen LogP contribution is 2.00. The van der Waals surface area contributed by atoms with Gasteiger partial charge in [0.25, 0.3) is 6.08 Å². The van der Waals surface area contributed by atoms with E-state index in [1.54, 1.807) is 6.07 Å². The Kier molecular flexibility index (Phi) is 3.75. The standard InChI is InChI=1S/C7H8F2N2OS/c8-7(9)3-1-6-13(12)11-5-2-4-10-11/h2-5H,1,6H2. The van der Waals surface area contributed by atoms with Crippen molar-refractivity contribution in [3.63, 3.8) is 0 Å². The third-order valence-electron chi connectivity index (χ3n) is 1.28. The van der Waals surface area contributed by atoms with Gasteiger partial charge in [-0.05, 0) is 18.6 Å². The molecule has 0 radical (unpaired) electrons. The van der Waals surface area contributed by atoms with E-state index >= 15 is 0 Å². The molecule has 13 heavy (non-hydrogen) atoms. The van der Waals surface area contributed by atoms with Crippen LogP contribution in [0.1, 0.15) is 6.42 Å². The zero-order valence-electron chi connectivity index (χ0n) is 6.69. The molecular formula is C7H8F2N2OS. The fourth-order valence-electron chi connectivity index (χ4n) is 0.738. The van der Waals surface area contributed by atoms with Gasteiger partial charge in [0.1, 0.15) is 11.0 Å². The maximum atomic E-state index is 11.6. The van der Waals surface area contributed by atoms with Crippen molar-refractivity contribution in [1.29, 1.82) is 0 Å². The van der Waals surface area contributed by atoms with E-state index in [1.807, 2.05) is 0 Å². The van der Waals surface area contributed by atoms with E-state index in [1.165, 1.54) is 16.5 Å². The van der Waals surface area contributed by atoms with E-state index in [4.69, 9.17) is 0 Å². The molecular weight excluding hydrogens is 198 g/mol. The van der Waals surface area contributed by atoms with Crippen molar-refractivity contribution in [3.8, 4) is 0 Å². The molecule has 0 N–H and O–H groups in total. The van der Waals surface area contributed by atoms with Crippen LogP contribution < -0.4 is 0 Å². The van der Waals surface area contributed by atoms with E-state index in [-0.39, 0.29) is 12.2 Å². The molecule has 0 aliphatic rings. The lowest BCUT2D eigenvalue weighted by atomic mass is 10.5. The molecule has 1 unspecified atom stereocenters. The van der Waals surface area contributed by atoms with Crippen LogP contribution in [0.4, 0.5) is 8.78 Å². The minimum atomic E-state index is -1.74. The Morgan fingerprint density at radius 2 is 2.38 bits per heavy atom. The highest BCUT2D eigenvalue weighted by molar-refractivity contribution is 7.83. The molecule has 0 aliphatic carbocycles. The van der Waals surface area contributed by atoms with Crippen LogP contribution >= 0.6 is 0 Å². The zero-order valence-corrected chi connectivity index (χ0v) is 7.51. The third kappa shape index (κ3) is 3.45. The summed E-state index contributed by atoms with van der Waals surface area (Å²) in [5.74, 6) is 0.152. The van der Waals surface area contributed by atoms with E-state index in [0.29, 0.717) is 0 Å². The van der Waals surface area contributed by atoms with Crippen molar-refractivity contribution in [1.82, 2.24) is 9.19 Å². The van der Waals surface area contributed by atoms with Crippen LogP contribution in [0.25, 0.3) is 0 Å². The van der Waals surface area contributed by atoms with E-state index in [0.717, 1.165) is 6.08 Å². The first-order valence-corrected chi connectivity index (χ1v) is 4.87. The molecule has 0 amide bonds. The molecule has 3 nitrogen and oxygen atoms in total. The summed E-state index contributed by atoms with van der Waals surface area (Å²) in [4.78, 5) is 0. The summed E-state index contributed by atoms with van der Waals surface area (Å²) >= 11 is 0. The number of rotatable bonds is 4. The average molecular weight is 206 g/mol. The van der Waals surface area contributed by atoms with Gasteiger partial charge in [0, 0.05) is 11.9 Å². The van der Waals surface area contributed by atoms with Crippen molar-refractivity contribution in [2.24, 2.45) is 0 Å². The second-order valence-corrected chi connectivity index (χ2v) is 3.64. The highest BCUT2D eigenvalue weighted by Gasteiger charge is 2.00. The fraction of sp³-hybridized carbons (Fsp3) is 0.286. The molecule has 0 spiro atoms. The molecule has 0 aromatic carbocycles. The number of nitrogens with zero attached hydrogens (tertiary/aromatic N) is 2. The Bertz CT molecular complexity index is 306. The lowest BCUT2D eigenvalue weighted by Gasteiger charge is -1.97. The summed E-state index contributed by atoms with van der Waals surface area (Å²) in [5, 5.41) is 3.72. The summed E-state index contributed by atoms with van der Waals surface area (Å²) < 4.78 is 35.6. The van der Waals surface area contributed by atoms with E-state index < -0.39 is 17.1 Å². The van der Waals surface area contributed by atoms with Gasteiger partial charge in [-0.3, -0.25) is 0 Å². The maximum absolute atomic E-state index is 11.6. The predicted octanol–water partition coefficient (Wildman–Crippen LogP) is 1.57. The van der Waals surface area contributed by atoms with Gasteiger partial charge in [0.2, 0.25) is 0 Å². The van der Waals surface area contributed by atoms with E-state index in [9.17, 15) is 13.0 Å². The second kappa shape index (κ2) is 4.86. The fourth-order valence-corrected chi connectivity index (χ4v) is 1.61. The van der Waals surface area contributed by atoms with Crippen molar-refractivity contribution in [2.45, 2.75) is 6.42 Å². The minimum Gasteiger partial charge on any atom is -0.235 e. The molecule has 1 heterocycles. The number of hydrogen-bond acceptors (Lipinski definition) is 2.